The zero-order chi connectivity index (χ0) is 12.3. The minimum absolute atomic E-state index is 0.139. The molecule has 0 aromatic heterocycles. The largest absolute Gasteiger partial charge is 0.375 e. The van der Waals surface area contributed by atoms with Gasteiger partial charge in [0.05, 0.1) is 18.3 Å². The molecule has 0 saturated heterocycles. The highest BCUT2D eigenvalue weighted by atomic mass is 16.5. The molecule has 2 atom stereocenters. The first-order valence-corrected chi connectivity index (χ1v) is 5.86. The number of benzene rings is 1. The van der Waals surface area contributed by atoms with Crippen molar-refractivity contribution in [3.63, 3.8) is 0 Å². The molecule has 0 spiro atoms. The first kappa shape index (κ1) is 12.3. The molecule has 0 N–H and O–H groups in total. The van der Waals surface area contributed by atoms with Gasteiger partial charge in [-0.3, -0.25) is 4.79 Å². The molecule has 0 heterocycles. The molecule has 1 aromatic carbocycles. The Morgan fingerprint density at radius 2 is 2.06 bits per heavy atom. The van der Waals surface area contributed by atoms with E-state index < -0.39 is 5.60 Å². The highest BCUT2D eigenvalue weighted by molar-refractivity contribution is 5.83. The number of methoxy groups -OCH3 is 1. The number of carbonyl (C=O) groups excluding carboxylic acids is 1. The van der Waals surface area contributed by atoms with Crippen LogP contribution in [0.15, 0.2) is 30.3 Å². The highest BCUT2D eigenvalue weighted by Gasteiger charge is 2.44. The van der Waals surface area contributed by atoms with Crippen molar-refractivity contribution in [2.24, 2.45) is 0 Å². The summed E-state index contributed by atoms with van der Waals surface area (Å²) >= 11 is 0. The lowest BCUT2D eigenvalue weighted by molar-refractivity contribution is -0.119. The quantitative estimate of drug-likeness (QED) is 0.802. The van der Waals surface area contributed by atoms with Crippen LogP contribution in [0, 0.1) is 0 Å². The van der Waals surface area contributed by atoms with Crippen LogP contribution in [0.25, 0.3) is 0 Å². The molecule has 92 valence electrons. The minimum Gasteiger partial charge on any atom is -0.375 e. The average molecular weight is 234 g/mol. The lowest BCUT2D eigenvalue weighted by atomic mass is 10.0. The first-order chi connectivity index (χ1) is 8.14. The van der Waals surface area contributed by atoms with E-state index in [-0.39, 0.29) is 11.9 Å². The van der Waals surface area contributed by atoms with Crippen molar-refractivity contribution in [1.29, 1.82) is 0 Å². The fraction of sp³-hybridized carbons (Fsp3) is 0.500. The number of hydrogen-bond donors (Lipinski definition) is 0. The third-order valence-electron chi connectivity index (χ3n) is 3.40. The summed E-state index contributed by atoms with van der Waals surface area (Å²) in [6.45, 7) is 2.46. The summed E-state index contributed by atoms with van der Waals surface area (Å²) in [6, 6.07) is 9.96. The van der Waals surface area contributed by atoms with Crippen LogP contribution in [-0.2, 0) is 20.9 Å². The van der Waals surface area contributed by atoms with Crippen LogP contribution in [0.1, 0.15) is 25.3 Å². The Balaban J connectivity index is 1.97. The number of hydrogen-bond acceptors (Lipinski definition) is 3. The fourth-order valence-corrected chi connectivity index (χ4v) is 2.21. The molecule has 3 heteroatoms. The summed E-state index contributed by atoms with van der Waals surface area (Å²) in [7, 11) is 1.64. The molecule has 0 radical (unpaired) electrons. The van der Waals surface area contributed by atoms with Crippen molar-refractivity contribution >= 4 is 5.78 Å². The van der Waals surface area contributed by atoms with Crippen LogP contribution in [0.2, 0.25) is 0 Å². The van der Waals surface area contributed by atoms with Gasteiger partial charge in [0, 0.05) is 20.0 Å². The molecule has 0 amide bonds. The van der Waals surface area contributed by atoms with Crippen molar-refractivity contribution in [3.05, 3.63) is 35.9 Å². The van der Waals surface area contributed by atoms with Gasteiger partial charge in [-0.1, -0.05) is 30.3 Å². The predicted octanol–water partition coefficient (Wildman–Crippen LogP) is 2.34. The Bertz CT molecular complexity index is 388. The van der Waals surface area contributed by atoms with Gasteiger partial charge in [-0.2, -0.15) is 0 Å². The van der Waals surface area contributed by atoms with Gasteiger partial charge in [-0.25, -0.2) is 0 Å². The van der Waals surface area contributed by atoms with Crippen LogP contribution in [0.4, 0.5) is 0 Å². The van der Waals surface area contributed by atoms with Gasteiger partial charge < -0.3 is 9.47 Å². The molecule has 0 unspecified atom stereocenters. The first-order valence-electron chi connectivity index (χ1n) is 5.86. The predicted molar refractivity (Wildman–Crippen MR) is 64.7 cm³/mol. The summed E-state index contributed by atoms with van der Waals surface area (Å²) in [5, 5.41) is 0. The van der Waals surface area contributed by atoms with Crippen molar-refractivity contribution in [1.82, 2.24) is 0 Å². The molecule has 1 saturated carbocycles. The third kappa shape index (κ3) is 2.73. The van der Waals surface area contributed by atoms with E-state index in [2.05, 4.69) is 0 Å². The van der Waals surface area contributed by atoms with Gasteiger partial charge >= 0.3 is 0 Å². The number of carbonyl (C=O) groups is 1. The SMILES string of the molecule is CO[C@@]1(C)CC(=O)C[C@@H]1OCc1ccccc1. The average Bonchev–Trinajstić information content (AvgIpc) is 2.64. The Morgan fingerprint density at radius 3 is 2.71 bits per heavy atom. The molecule has 3 nitrogen and oxygen atoms in total. The molecular weight excluding hydrogens is 216 g/mol. The molecule has 17 heavy (non-hydrogen) atoms. The molecular formula is C14H18O3. The number of rotatable bonds is 4. The topological polar surface area (TPSA) is 35.5 Å². The summed E-state index contributed by atoms with van der Waals surface area (Å²) in [4.78, 5) is 11.5. The zero-order valence-electron chi connectivity index (χ0n) is 10.3. The highest BCUT2D eigenvalue weighted by Crippen LogP contribution is 2.33. The van der Waals surface area contributed by atoms with Gasteiger partial charge in [-0.15, -0.1) is 0 Å². The van der Waals surface area contributed by atoms with Crippen LogP contribution >= 0.6 is 0 Å². The Kier molecular flexibility index (Phi) is 3.60. The summed E-state index contributed by atoms with van der Waals surface area (Å²) in [5.41, 5.74) is 0.650. The van der Waals surface area contributed by atoms with Crippen molar-refractivity contribution in [3.8, 4) is 0 Å². The molecule has 0 bridgehead atoms. The minimum atomic E-state index is -0.466. The molecule has 0 aliphatic heterocycles. The molecule has 1 aromatic rings. The van der Waals surface area contributed by atoms with Crippen LogP contribution in [0.3, 0.4) is 0 Å². The van der Waals surface area contributed by atoms with E-state index in [4.69, 9.17) is 9.47 Å². The maximum Gasteiger partial charge on any atom is 0.138 e. The van der Waals surface area contributed by atoms with Crippen LogP contribution in [0.5, 0.6) is 0 Å². The van der Waals surface area contributed by atoms with E-state index in [1.165, 1.54) is 0 Å². The van der Waals surface area contributed by atoms with Gasteiger partial charge in [0.1, 0.15) is 5.78 Å². The van der Waals surface area contributed by atoms with Gasteiger partial charge in [0.25, 0.3) is 0 Å². The smallest absolute Gasteiger partial charge is 0.138 e. The fourth-order valence-electron chi connectivity index (χ4n) is 2.21. The number of ketones is 1. The van der Waals surface area contributed by atoms with Gasteiger partial charge in [0.2, 0.25) is 0 Å². The lowest BCUT2D eigenvalue weighted by Crippen LogP contribution is -2.37. The number of Topliss-reactive ketones (excluding diaryl/α,β-unsaturated/α-hetero) is 1. The summed E-state index contributed by atoms with van der Waals surface area (Å²) < 4.78 is 11.2. The van der Waals surface area contributed by atoms with Crippen molar-refractivity contribution < 1.29 is 14.3 Å². The van der Waals surface area contributed by atoms with Crippen LogP contribution < -0.4 is 0 Å². The Morgan fingerprint density at radius 1 is 1.35 bits per heavy atom. The van der Waals surface area contributed by atoms with Crippen molar-refractivity contribution in [2.45, 2.75) is 38.1 Å². The number of ether oxygens (including phenoxy) is 2. The van der Waals surface area contributed by atoms with E-state index >= 15 is 0 Å². The monoisotopic (exact) mass is 234 g/mol. The van der Waals surface area contributed by atoms with Gasteiger partial charge in [-0.05, 0) is 12.5 Å². The summed E-state index contributed by atoms with van der Waals surface area (Å²) in [6.07, 6.45) is 0.764. The van der Waals surface area contributed by atoms with E-state index in [9.17, 15) is 4.79 Å². The Labute approximate surface area is 102 Å². The molecule has 1 fully saturated rings. The van der Waals surface area contributed by atoms with Crippen LogP contribution in [-0.4, -0.2) is 24.6 Å². The van der Waals surface area contributed by atoms with E-state index in [0.717, 1.165) is 5.56 Å². The van der Waals surface area contributed by atoms with E-state index in [1.807, 2.05) is 37.3 Å². The maximum absolute atomic E-state index is 11.5. The second-order valence-corrected chi connectivity index (χ2v) is 4.72. The second-order valence-electron chi connectivity index (χ2n) is 4.72. The molecule has 1 aliphatic rings. The lowest BCUT2D eigenvalue weighted by Gasteiger charge is -2.29. The normalized spacial score (nSPS) is 28.6. The van der Waals surface area contributed by atoms with Crippen molar-refractivity contribution in [2.75, 3.05) is 7.11 Å². The third-order valence-corrected chi connectivity index (χ3v) is 3.40. The second kappa shape index (κ2) is 4.98. The zero-order valence-corrected chi connectivity index (χ0v) is 10.3. The standard InChI is InChI=1S/C14H18O3/c1-14(16-2)9-12(15)8-13(14)17-10-11-6-4-3-5-7-11/h3-7,13H,8-10H2,1-2H3/t13-,14-/m0/s1. The van der Waals surface area contributed by atoms with E-state index in [0.29, 0.717) is 19.4 Å². The molecule has 1 aliphatic carbocycles. The summed E-state index contributed by atoms with van der Waals surface area (Å²) in [5.74, 6) is 0.215. The van der Waals surface area contributed by atoms with Gasteiger partial charge in [0.15, 0.2) is 0 Å². The Hall–Kier alpha value is -1.19. The molecule has 2 rings (SSSR count). The van der Waals surface area contributed by atoms with E-state index in [1.54, 1.807) is 7.11 Å². The maximum atomic E-state index is 11.5.